The Kier molecular flexibility index (Phi) is 5.96. The molecule has 3 amide bonds. The second kappa shape index (κ2) is 8.07. The summed E-state index contributed by atoms with van der Waals surface area (Å²) in [5, 5.41) is 3.04. The number of amides is 3. The maximum Gasteiger partial charge on any atom is 0.250 e. The molecule has 27 heavy (non-hydrogen) atoms. The molecule has 1 aliphatic carbocycles. The van der Waals surface area contributed by atoms with Crippen molar-refractivity contribution in [3.8, 4) is 0 Å². The first-order valence-corrected chi connectivity index (χ1v) is 9.91. The number of nitrogens with one attached hydrogen (secondary N) is 1. The minimum Gasteiger partial charge on any atom is -0.366 e. The van der Waals surface area contributed by atoms with Crippen LogP contribution in [-0.4, -0.2) is 35.2 Å². The number of likely N-dealkylation sites (tertiary alicyclic amines) is 1. The Balaban J connectivity index is 1.68. The number of anilines is 1. The van der Waals surface area contributed by atoms with E-state index in [2.05, 4.69) is 12.2 Å². The predicted octanol–water partition coefficient (Wildman–Crippen LogP) is 3.46. The van der Waals surface area contributed by atoms with Gasteiger partial charge in [-0.15, -0.1) is 0 Å². The van der Waals surface area contributed by atoms with E-state index in [0.29, 0.717) is 12.5 Å². The summed E-state index contributed by atoms with van der Waals surface area (Å²) in [6, 6.07) is 2.96. The summed E-state index contributed by atoms with van der Waals surface area (Å²) in [5.41, 5.74) is 5.63. The molecule has 1 atom stereocenters. The summed E-state index contributed by atoms with van der Waals surface area (Å²) in [6.07, 6.45) is 4.40. The van der Waals surface area contributed by atoms with E-state index < -0.39 is 11.8 Å². The van der Waals surface area contributed by atoms with Crippen LogP contribution in [0.1, 0.15) is 49.4 Å². The summed E-state index contributed by atoms with van der Waals surface area (Å²) in [6.45, 7) is 2.64. The van der Waals surface area contributed by atoms with Gasteiger partial charge in [0.2, 0.25) is 17.7 Å². The molecule has 0 radical (unpaired) electrons. The van der Waals surface area contributed by atoms with Crippen LogP contribution in [0, 0.1) is 11.8 Å². The third-order valence-electron chi connectivity index (χ3n) is 5.54. The lowest BCUT2D eigenvalue weighted by Gasteiger charge is -2.33. The number of benzene rings is 1. The minimum atomic E-state index is -0.707. The van der Waals surface area contributed by atoms with Gasteiger partial charge in [0, 0.05) is 19.0 Å². The van der Waals surface area contributed by atoms with Gasteiger partial charge >= 0.3 is 0 Å². The molecule has 3 rings (SSSR count). The number of hydrogen-bond acceptors (Lipinski definition) is 3. The van der Waals surface area contributed by atoms with E-state index in [-0.39, 0.29) is 45.6 Å². The highest BCUT2D eigenvalue weighted by molar-refractivity contribution is 6.38. The zero-order valence-electron chi connectivity index (χ0n) is 15.1. The van der Waals surface area contributed by atoms with Crippen LogP contribution in [0.15, 0.2) is 12.1 Å². The van der Waals surface area contributed by atoms with Crippen molar-refractivity contribution in [3.63, 3.8) is 0 Å². The lowest BCUT2D eigenvalue weighted by Crippen LogP contribution is -2.39. The Morgan fingerprint density at radius 2 is 1.81 bits per heavy atom. The second-order valence-corrected chi connectivity index (χ2v) is 8.34. The van der Waals surface area contributed by atoms with Crippen LogP contribution in [0.4, 0.5) is 5.69 Å². The van der Waals surface area contributed by atoms with Gasteiger partial charge < -0.3 is 16.0 Å². The number of nitrogens with two attached hydrogens (primary N) is 1. The average Bonchev–Trinajstić information content (AvgIpc) is 2.99. The number of primary amides is 1. The van der Waals surface area contributed by atoms with Gasteiger partial charge in [-0.1, -0.05) is 30.1 Å². The van der Waals surface area contributed by atoms with E-state index in [1.54, 1.807) is 0 Å². The number of carbonyl (C=O) groups is 3. The molecule has 1 aromatic rings. The summed E-state index contributed by atoms with van der Waals surface area (Å²) < 4.78 is 0. The van der Waals surface area contributed by atoms with Gasteiger partial charge in [-0.25, -0.2) is 0 Å². The lowest BCUT2D eigenvalue weighted by molar-refractivity contribution is -0.130. The number of carbonyl (C=O) groups excluding carboxylic acids is 3. The van der Waals surface area contributed by atoms with Crippen LogP contribution in [0.25, 0.3) is 0 Å². The normalized spacial score (nSPS) is 25.5. The van der Waals surface area contributed by atoms with Gasteiger partial charge in [-0.2, -0.15) is 0 Å². The molecule has 6 nitrogen and oxygen atoms in total. The molecule has 2 aliphatic rings. The van der Waals surface area contributed by atoms with Crippen molar-refractivity contribution in [2.75, 3.05) is 11.9 Å². The van der Waals surface area contributed by atoms with E-state index in [1.807, 2.05) is 4.90 Å². The fourth-order valence-electron chi connectivity index (χ4n) is 3.88. The molecular weight excluding hydrogens is 389 g/mol. The summed E-state index contributed by atoms with van der Waals surface area (Å²) in [4.78, 5) is 38.4. The third kappa shape index (κ3) is 4.38. The van der Waals surface area contributed by atoms with Crippen molar-refractivity contribution in [2.45, 2.75) is 45.1 Å². The topological polar surface area (TPSA) is 92.5 Å². The standard InChI is InChI=1S/C19H23Cl2N3O3/c1-10-2-4-12(5-3-10)24-9-11(6-17(24)25)19(27)23-16-7-13(18(22)26)14(20)8-15(16)21/h7-8,10-12H,2-6,9H2,1H3,(H2,22,26)(H,23,27). The van der Waals surface area contributed by atoms with Crippen molar-refractivity contribution in [3.05, 3.63) is 27.7 Å². The molecule has 8 heteroatoms. The molecule has 2 fully saturated rings. The maximum absolute atomic E-state index is 12.7. The number of nitrogens with zero attached hydrogens (tertiary/aromatic N) is 1. The monoisotopic (exact) mass is 411 g/mol. The number of halogens is 2. The molecule has 1 aromatic carbocycles. The van der Waals surface area contributed by atoms with Gasteiger partial charge in [-0.3, -0.25) is 14.4 Å². The van der Waals surface area contributed by atoms with Crippen LogP contribution in [0.5, 0.6) is 0 Å². The molecule has 1 saturated carbocycles. The maximum atomic E-state index is 12.7. The highest BCUT2D eigenvalue weighted by Gasteiger charge is 2.38. The van der Waals surface area contributed by atoms with Crippen LogP contribution in [-0.2, 0) is 9.59 Å². The summed E-state index contributed by atoms with van der Waals surface area (Å²) in [7, 11) is 0. The van der Waals surface area contributed by atoms with Gasteiger partial charge in [0.1, 0.15) is 0 Å². The van der Waals surface area contributed by atoms with E-state index in [1.165, 1.54) is 12.1 Å². The van der Waals surface area contributed by atoms with E-state index in [4.69, 9.17) is 28.9 Å². The largest absolute Gasteiger partial charge is 0.366 e. The van der Waals surface area contributed by atoms with Gasteiger partial charge in [-0.05, 0) is 43.7 Å². The van der Waals surface area contributed by atoms with Crippen LogP contribution in [0.2, 0.25) is 10.0 Å². The predicted molar refractivity (Wildman–Crippen MR) is 105 cm³/mol. The Hall–Kier alpha value is -1.79. The van der Waals surface area contributed by atoms with Crippen LogP contribution < -0.4 is 11.1 Å². The fraction of sp³-hybridized carbons (Fsp3) is 0.526. The first kappa shape index (κ1) is 20.0. The molecule has 1 aliphatic heterocycles. The highest BCUT2D eigenvalue weighted by Crippen LogP contribution is 2.33. The van der Waals surface area contributed by atoms with Crippen molar-refractivity contribution >= 4 is 46.6 Å². The first-order chi connectivity index (χ1) is 12.8. The van der Waals surface area contributed by atoms with Gasteiger partial charge in [0.15, 0.2) is 0 Å². The molecule has 1 heterocycles. The number of hydrogen-bond donors (Lipinski definition) is 2. The van der Waals surface area contributed by atoms with Crippen molar-refractivity contribution < 1.29 is 14.4 Å². The van der Waals surface area contributed by atoms with E-state index in [9.17, 15) is 14.4 Å². The van der Waals surface area contributed by atoms with E-state index in [0.717, 1.165) is 25.7 Å². The minimum absolute atomic E-state index is 0.0229. The molecule has 0 aromatic heterocycles. The average molecular weight is 412 g/mol. The van der Waals surface area contributed by atoms with Gasteiger partial charge in [0.05, 0.1) is 27.2 Å². The smallest absolute Gasteiger partial charge is 0.250 e. The molecule has 1 unspecified atom stereocenters. The molecule has 0 spiro atoms. The highest BCUT2D eigenvalue weighted by atomic mass is 35.5. The summed E-state index contributed by atoms with van der Waals surface area (Å²) in [5.74, 6) is -0.726. The van der Waals surface area contributed by atoms with Crippen LogP contribution >= 0.6 is 23.2 Å². The Morgan fingerprint density at radius 1 is 1.15 bits per heavy atom. The van der Waals surface area contributed by atoms with Crippen molar-refractivity contribution in [2.24, 2.45) is 17.6 Å². The second-order valence-electron chi connectivity index (χ2n) is 7.53. The number of rotatable bonds is 4. The van der Waals surface area contributed by atoms with Crippen LogP contribution in [0.3, 0.4) is 0 Å². The quantitative estimate of drug-likeness (QED) is 0.793. The molecule has 146 valence electrons. The molecule has 3 N–H and O–H groups in total. The van der Waals surface area contributed by atoms with Crippen molar-refractivity contribution in [1.29, 1.82) is 0 Å². The SMILES string of the molecule is CC1CCC(N2CC(C(=O)Nc3cc(C(N)=O)c(Cl)cc3Cl)CC2=O)CC1. The zero-order valence-corrected chi connectivity index (χ0v) is 16.6. The Morgan fingerprint density at radius 3 is 2.44 bits per heavy atom. The lowest BCUT2D eigenvalue weighted by atomic mass is 9.87. The zero-order chi connectivity index (χ0) is 19.7. The first-order valence-electron chi connectivity index (χ1n) is 9.15. The van der Waals surface area contributed by atoms with E-state index >= 15 is 0 Å². The molecule has 0 bridgehead atoms. The molecule has 1 saturated heterocycles. The summed E-state index contributed by atoms with van der Waals surface area (Å²) >= 11 is 12.1. The van der Waals surface area contributed by atoms with Crippen molar-refractivity contribution in [1.82, 2.24) is 4.90 Å². The Bertz CT molecular complexity index is 776. The molecular formula is C19H23Cl2N3O3. The third-order valence-corrected chi connectivity index (χ3v) is 6.16. The Labute approximate surface area is 168 Å². The van der Waals surface area contributed by atoms with Gasteiger partial charge in [0.25, 0.3) is 0 Å². The fourth-order valence-corrected chi connectivity index (χ4v) is 4.41.